The number of aromatic nitrogens is 1. The molecule has 5 heteroatoms. The molecule has 0 spiro atoms. The van der Waals surface area contributed by atoms with Crippen LogP contribution >= 0.6 is 0 Å². The van der Waals surface area contributed by atoms with Crippen molar-refractivity contribution in [3.05, 3.63) is 46.8 Å². The van der Waals surface area contributed by atoms with Crippen molar-refractivity contribution in [1.82, 2.24) is 9.88 Å². The molecule has 22 heavy (non-hydrogen) atoms. The number of nitrogens with zero attached hydrogens (tertiary/aromatic N) is 1. The average molecular weight is 300 g/mol. The monoisotopic (exact) mass is 300 g/mol. The van der Waals surface area contributed by atoms with E-state index in [2.05, 4.69) is 5.32 Å². The number of amides is 1. The van der Waals surface area contributed by atoms with E-state index in [0.29, 0.717) is 11.9 Å². The van der Waals surface area contributed by atoms with E-state index < -0.39 is 0 Å². The fourth-order valence-electron chi connectivity index (χ4n) is 2.85. The highest BCUT2D eigenvalue weighted by Gasteiger charge is 2.15. The third-order valence-corrected chi connectivity index (χ3v) is 4.01. The average Bonchev–Trinajstić information content (AvgIpc) is 3.04. The zero-order valence-electron chi connectivity index (χ0n) is 12.5. The summed E-state index contributed by atoms with van der Waals surface area (Å²) in [5, 5.41) is 3.56. The Bertz CT molecular complexity index is 717. The molecule has 0 aliphatic carbocycles. The first kappa shape index (κ1) is 14.8. The predicted molar refractivity (Wildman–Crippen MR) is 84.8 cm³/mol. The van der Waals surface area contributed by atoms with Gasteiger partial charge >= 0.3 is 0 Å². The number of hydrogen-bond donors (Lipinski definition) is 1. The second-order valence-corrected chi connectivity index (χ2v) is 5.60. The van der Waals surface area contributed by atoms with E-state index in [-0.39, 0.29) is 24.0 Å². The molecule has 2 heterocycles. The first-order valence-corrected chi connectivity index (χ1v) is 7.70. The second-order valence-electron chi connectivity index (χ2n) is 5.60. The standard InChI is InChI=1S/C17H20N2O3/c20-16-8-10-19(15-6-2-1-5-14(15)16)12-17(21)18-9-7-13-4-3-11-22-13/h1-2,5-6,8,10,13H,3-4,7,9,11-12H2,(H,18,21)/t13-/m0/s1. The number of carbonyl (C=O) groups excluding carboxylic acids is 1. The highest BCUT2D eigenvalue weighted by molar-refractivity contribution is 5.82. The lowest BCUT2D eigenvalue weighted by Gasteiger charge is -2.12. The molecule has 0 radical (unpaired) electrons. The first-order valence-electron chi connectivity index (χ1n) is 7.70. The van der Waals surface area contributed by atoms with Gasteiger partial charge in [0, 0.05) is 30.8 Å². The summed E-state index contributed by atoms with van der Waals surface area (Å²) in [6.07, 6.45) is 5.01. The van der Waals surface area contributed by atoms with Crippen molar-refractivity contribution in [2.45, 2.75) is 31.9 Å². The fraction of sp³-hybridized carbons (Fsp3) is 0.412. The van der Waals surface area contributed by atoms with Crippen molar-refractivity contribution < 1.29 is 9.53 Å². The smallest absolute Gasteiger partial charge is 0.239 e. The van der Waals surface area contributed by atoms with Gasteiger partial charge in [-0.25, -0.2) is 0 Å². The molecular formula is C17H20N2O3. The lowest BCUT2D eigenvalue weighted by atomic mass is 10.2. The Morgan fingerprint density at radius 1 is 1.32 bits per heavy atom. The third kappa shape index (κ3) is 3.36. The van der Waals surface area contributed by atoms with Gasteiger partial charge in [0.25, 0.3) is 0 Å². The molecule has 0 saturated carbocycles. The van der Waals surface area contributed by atoms with Gasteiger partial charge in [0.15, 0.2) is 5.43 Å². The quantitative estimate of drug-likeness (QED) is 0.914. The zero-order valence-corrected chi connectivity index (χ0v) is 12.5. The van der Waals surface area contributed by atoms with Gasteiger partial charge in [-0.2, -0.15) is 0 Å². The van der Waals surface area contributed by atoms with E-state index in [1.54, 1.807) is 16.8 Å². The summed E-state index contributed by atoms with van der Waals surface area (Å²) in [6, 6.07) is 8.84. The molecule has 1 atom stereocenters. The molecule has 1 aliphatic heterocycles. The lowest BCUT2D eigenvalue weighted by Crippen LogP contribution is -2.30. The number of benzene rings is 1. The van der Waals surface area contributed by atoms with Crippen LogP contribution in [0.4, 0.5) is 0 Å². The third-order valence-electron chi connectivity index (χ3n) is 4.01. The second kappa shape index (κ2) is 6.75. The number of carbonyl (C=O) groups is 1. The van der Waals surface area contributed by atoms with Gasteiger partial charge in [0.1, 0.15) is 6.54 Å². The number of nitrogens with one attached hydrogen (secondary N) is 1. The number of pyridine rings is 1. The highest BCUT2D eigenvalue weighted by atomic mass is 16.5. The van der Waals surface area contributed by atoms with Crippen LogP contribution in [-0.2, 0) is 16.1 Å². The number of fused-ring (bicyclic) bond motifs is 1. The fourth-order valence-corrected chi connectivity index (χ4v) is 2.85. The molecule has 1 N–H and O–H groups in total. The van der Waals surface area contributed by atoms with Crippen LogP contribution in [-0.4, -0.2) is 29.7 Å². The van der Waals surface area contributed by atoms with Crippen molar-refractivity contribution in [1.29, 1.82) is 0 Å². The van der Waals surface area contributed by atoms with Crippen molar-refractivity contribution in [2.75, 3.05) is 13.2 Å². The molecule has 5 nitrogen and oxygen atoms in total. The normalized spacial score (nSPS) is 17.7. The van der Waals surface area contributed by atoms with E-state index in [1.807, 2.05) is 18.2 Å². The van der Waals surface area contributed by atoms with Gasteiger partial charge in [-0.15, -0.1) is 0 Å². The number of ether oxygens (including phenoxy) is 1. The Morgan fingerprint density at radius 2 is 2.18 bits per heavy atom. The maximum absolute atomic E-state index is 12.1. The number of para-hydroxylation sites is 1. The first-order chi connectivity index (χ1) is 10.7. The van der Waals surface area contributed by atoms with Crippen molar-refractivity contribution in [3.63, 3.8) is 0 Å². The van der Waals surface area contributed by atoms with E-state index >= 15 is 0 Å². The summed E-state index contributed by atoms with van der Waals surface area (Å²) in [6.45, 7) is 1.68. The molecule has 1 aromatic carbocycles. The summed E-state index contributed by atoms with van der Waals surface area (Å²) in [4.78, 5) is 23.9. The Morgan fingerprint density at radius 3 is 3.00 bits per heavy atom. The van der Waals surface area contributed by atoms with Crippen molar-refractivity contribution in [2.24, 2.45) is 0 Å². The largest absolute Gasteiger partial charge is 0.378 e. The van der Waals surface area contributed by atoms with Crippen LogP contribution in [0.3, 0.4) is 0 Å². The van der Waals surface area contributed by atoms with Crippen LogP contribution in [0.1, 0.15) is 19.3 Å². The Labute approximate surface area is 128 Å². The van der Waals surface area contributed by atoms with Crippen LogP contribution < -0.4 is 10.7 Å². The van der Waals surface area contributed by atoms with Gasteiger partial charge in [0.2, 0.25) is 5.91 Å². The summed E-state index contributed by atoms with van der Waals surface area (Å²) in [5.41, 5.74) is 0.759. The van der Waals surface area contributed by atoms with Gasteiger partial charge in [0.05, 0.1) is 11.6 Å². The SMILES string of the molecule is O=C(Cn1ccc(=O)c2ccccc21)NCC[C@@H]1CCCO1. The molecule has 1 aliphatic rings. The summed E-state index contributed by atoms with van der Waals surface area (Å²) in [5.74, 6) is -0.0493. The molecule has 1 amide bonds. The number of rotatable bonds is 5. The Hall–Kier alpha value is -2.14. The maximum Gasteiger partial charge on any atom is 0.239 e. The van der Waals surface area contributed by atoms with Crippen LogP contribution in [0.5, 0.6) is 0 Å². The highest BCUT2D eigenvalue weighted by Crippen LogP contribution is 2.14. The van der Waals surface area contributed by atoms with Crippen molar-refractivity contribution >= 4 is 16.8 Å². The predicted octanol–water partition coefficient (Wildman–Crippen LogP) is 1.69. The molecule has 0 unspecified atom stereocenters. The van der Waals surface area contributed by atoms with Crippen molar-refractivity contribution in [3.8, 4) is 0 Å². The number of hydrogen-bond acceptors (Lipinski definition) is 3. The molecule has 3 rings (SSSR count). The molecule has 1 fully saturated rings. The lowest BCUT2D eigenvalue weighted by molar-refractivity contribution is -0.121. The van der Waals surface area contributed by atoms with Gasteiger partial charge in [-0.05, 0) is 31.4 Å². The van der Waals surface area contributed by atoms with E-state index in [4.69, 9.17) is 4.74 Å². The van der Waals surface area contributed by atoms with E-state index in [9.17, 15) is 9.59 Å². The Balaban J connectivity index is 1.61. The van der Waals surface area contributed by atoms with Crippen LogP contribution in [0, 0.1) is 0 Å². The minimum Gasteiger partial charge on any atom is -0.378 e. The van der Waals surface area contributed by atoms with E-state index in [1.165, 1.54) is 6.07 Å². The summed E-state index contributed by atoms with van der Waals surface area (Å²) >= 11 is 0. The molecule has 1 aromatic heterocycles. The topological polar surface area (TPSA) is 60.3 Å². The van der Waals surface area contributed by atoms with Gasteiger partial charge in [-0.3, -0.25) is 9.59 Å². The minimum absolute atomic E-state index is 0.0226. The molecule has 1 saturated heterocycles. The molecular weight excluding hydrogens is 280 g/mol. The molecule has 2 aromatic rings. The van der Waals surface area contributed by atoms with Crippen LogP contribution in [0.15, 0.2) is 41.3 Å². The molecule has 116 valence electrons. The van der Waals surface area contributed by atoms with E-state index in [0.717, 1.165) is 31.4 Å². The summed E-state index contributed by atoms with van der Waals surface area (Å²) < 4.78 is 7.34. The van der Waals surface area contributed by atoms with Gasteiger partial charge < -0.3 is 14.6 Å². The van der Waals surface area contributed by atoms with Gasteiger partial charge in [-0.1, -0.05) is 12.1 Å². The Kier molecular flexibility index (Phi) is 4.53. The minimum atomic E-state index is -0.0493. The zero-order chi connectivity index (χ0) is 15.4. The van der Waals surface area contributed by atoms with Crippen LogP contribution in [0.2, 0.25) is 0 Å². The maximum atomic E-state index is 12.1. The van der Waals surface area contributed by atoms with Crippen LogP contribution in [0.25, 0.3) is 10.9 Å². The molecule has 0 bridgehead atoms. The summed E-state index contributed by atoms with van der Waals surface area (Å²) in [7, 11) is 0.